The average Bonchev–Trinajstić information content (AvgIpc) is 2.81. The van der Waals surface area contributed by atoms with E-state index in [1.165, 1.54) is 0 Å². The quantitative estimate of drug-likeness (QED) is 0.859. The lowest BCUT2D eigenvalue weighted by Gasteiger charge is -2.29. The largest absolute Gasteiger partial charge is 0.486 e. The minimum atomic E-state index is -0.162. The van der Waals surface area contributed by atoms with Crippen molar-refractivity contribution >= 4 is 5.91 Å². The van der Waals surface area contributed by atoms with Crippen LogP contribution in [0.25, 0.3) is 0 Å². The predicted molar refractivity (Wildman–Crippen MR) is 90.4 cm³/mol. The van der Waals surface area contributed by atoms with Crippen molar-refractivity contribution in [2.45, 2.75) is 26.4 Å². The number of rotatable bonds is 4. The van der Waals surface area contributed by atoms with Crippen molar-refractivity contribution in [2.24, 2.45) is 7.05 Å². The Bertz CT molecular complexity index is 754. The smallest absolute Gasteiger partial charge is 0.227 e. The highest BCUT2D eigenvalue weighted by Crippen LogP contribution is 2.31. The Balaban J connectivity index is 1.61. The fourth-order valence-electron chi connectivity index (χ4n) is 2.92. The van der Waals surface area contributed by atoms with E-state index < -0.39 is 0 Å². The van der Waals surface area contributed by atoms with Gasteiger partial charge in [0.25, 0.3) is 0 Å². The van der Waals surface area contributed by atoms with Gasteiger partial charge in [-0.2, -0.15) is 5.10 Å². The van der Waals surface area contributed by atoms with Crippen LogP contribution in [-0.4, -0.2) is 46.9 Å². The Morgan fingerprint density at radius 3 is 2.71 bits per heavy atom. The molecular formula is C18H23N3O3. The Hall–Kier alpha value is -2.50. The fourth-order valence-corrected chi connectivity index (χ4v) is 2.92. The summed E-state index contributed by atoms with van der Waals surface area (Å²) in [6.07, 6.45) is 0.191. The van der Waals surface area contributed by atoms with E-state index in [4.69, 9.17) is 9.47 Å². The van der Waals surface area contributed by atoms with Gasteiger partial charge in [0.05, 0.1) is 18.7 Å². The fraction of sp³-hybridized carbons (Fsp3) is 0.444. The molecule has 0 fully saturated rings. The number of hydrogen-bond donors (Lipinski definition) is 0. The molecule has 0 bridgehead atoms. The second-order valence-corrected chi connectivity index (χ2v) is 6.22. The minimum absolute atomic E-state index is 0.0525. The first kappa shape index (κ1) is 16.4. The molecule has 0 radical (unpaired) electrons. The summed E-state index contributed by atoms with van der Waals surface area (Å²) >= 11 is 0. The highest BCUT2D eigenvalue weighted by Gasteiger charge is 2.24. The first-order valence-electron chi connectivity index (χ1n) is 8.07. The molecule has 0 aliphatic carbocycles. The maximum atomic E-state index is 12.5. The molecule has 3 rings (SSSR count). The highest BCUT2D eigenvalue weighted by molar-refractivity contribution is 5.79. The van der Waals surface area contributed by atoms with Crippen LogP contribution in [0.1, 0.15) is 17.0 Å². The summed E-state index contributed by atoms with van der Waals surface area (Å²) < 4.78 is 13.4. The van der Waals surface area contributed by atoms with Crippen molar-refractivity contribution in [3.05, 3.63) is 41.2 Å². The summed E-state index contributed by atoms with van der Waals surface area (Å²) in [6.45, 7) is 4.85. The van der Waals surface area contributed by atoms with Crippen molar-refractivity contribution < 1.29 is 14.3 Å². The van der Waals surface area contributed by atoms with Crippen molar-refractivity contribution in [2.75, 3.05) is 20.2 Å². The zero-order chi connectivity index (χ0) is 17.3. The first-order valence-corrected chi connectivity index (χ1v) is 8.07. The van der Waals surface area contributed by atoms with Gasteiger partial charge in [-0.05, 0) is 26.0 Å². The number of hydrogen-bond acceptors (Lipinski definition) is 4. The molecule has 2 aromatic rings. The molecule has 1 aliphatic heterocycles. The maximum absolute atomic E-state index is 12.5. The number of carbonyl (C=O) groups is 1. The van der Waals surface area contributed by atoms with Crippen LogP contribution in [-0.2, 0) is 18.3 Å². The van der Waals surface area contributed by atoms with E-state index in [2.05, 4.69) is 5.10 Å². The lowest BCUT2D eigenvalue weighted by atomic mass is 10.1. The summed E-state index contributed by atoms with van der Waals surface area (Å²) in [4.78, 5) is 14.2. The minimum Gasteiger partial charge on any atom is -0.486 e. The molecule has 24 heavy (non-hydrogen) atoms. The summed E-state index contributed by atoms with van der Waals surface area (Å²) in [5.41, 5.74) is 2.93. The van der Waals surface area contributed by atoms with Crippen molar-refractivity contribution in [1.82, 2.24) is 14.7 Å². The number of nitrogens with zero attached hydrogens (tertiary/aromatic N) is 3. The lowest BCUT2D eigenvalue weighted by molar-refractivity contribution is -0.130. The van der Waals surface area contributed by atoms with Gasteiger partial charge < -0.3 is 14.4 Å². The number of para-hydroxylation sites is 2. The zero-order valence-corrected chi connectivity index (χ0v) is 14.6. The molecule has 1 atom stereocenters. The predicted octanol–water partition coefficient (Wildman–Crippen LogP) is 1.88. The molecule has 0 unspecified atom stereocenters. The van der Waals surface area contributed by atoms with Crippen LogP contribution in [0.4, 0.5) is 0 Å². The van der Waals surface area contributed by atoms with Gasteiger partial charge in [0.1, 0.15) is 6.61 Å². The van der Waals surface area contributed by atoms with E-state index in [0.29, 0.717) is 19.6 Å². The van der Waals surface area contributed by atoms with Gasteiger partial charge in [0, 0.05) is 25.4 Å². The standard InChI is InChI=1S/C18H23N3O3/c1-12-15(13(2)21(4)19-12)9-18(22)20(3)10-14-11-23-16-7-5-6-8-17(16)24-14/h5-8,14H,9-11H2,1-4H3/t14-/m0/s1. The van der Waals surface area contributed by atoms with Crippen LogP contribution < -0.4 is 9.47 Å². The van der Waals surface area contributed by atoms with Gasteiger partial charge >= 0.3 is 0 Å². The monoisotopic (exact) mass is 329 g/mol. The Kier molecular flexibility index (Phi) is 4.46. The zero-order valence-electron chi connectivity index (χ0n) is 14.6. The van der Waals surface area contributed by atoms with Gasteiger partial charge in [0.15, 0.2) is 17.6 Å². The molecule has 1 aromatic heterocycles. The Morgan fingerprint density at radius 1 is 1.33 bits per heavy atom. The van der Waals surface area contributed by atoms with Crippen LogP contribution in [0.5, 0.6) is 11.5 Å². The van der Waals surface area contributed by atoms with E-state index in [1.54, 1.807) is 11.9 Å². The molecule has 1 aromatic carbocycles. The molecule has 0 saturated carbocycles. The molecule has 6 nitrogen and oxygen atoms in total. The number of ether oxygens (including phenoxy) is 2. The summed E-state index contributed by atoms with van der Waals surface area (Å²) in [5, 5.41) is 4.36. The molecule has 0 saturated heterocycles. The molecule has 128 valence electrons. The van der Waals surface area contributed by atoms with E-state index in [1.807, 2.05) is 49.8 Å². The van der Waals surface area contributed by atoms with Crippen molar-refractivity contribution in [3.8, 4) is 11.5 Å². The summed E-state index contributed by atoms with van der Waals surface area (Å²) in [6, 6.07) is 7.59. The van der Waals surface area contributed by atoms with Gasteiger partial charge in [-0.1, -0.05) is 12.1 Å². The van der Waals surface area contributed by atoms with Crippen LogP contribution in [0.2, 0.25) is 0 Å². The molecule has 1 amide bonds. The second-order valence-electron chi connectivity index (χ2n) is 6.22. The SMILES string of the molecule is Cc1nn(C)c(C)c1CC(=O)N(C)C[C@H]1COc2ccccc2O1. The third-order valence-electron chi connectivity index (χ3n) is 4.46. The Morgan fingerprint density at radius 2 is 2.04 bits per heavy atom. The third kappa shape index (κ3) is 3.22. The number of benzene rings is 1. The number of carbonyl (C=O) groups excluding carboxylic acids is 1. The van der Waals surface area contributed by atoms with Crippen LogP contribution in [0.3, 0.4) is 0 Å². The highest BCUT2D eigenvalue weighted by atomic mass is 16.6. The molecule has 6 heteroatoms. The van der Waals surface area contributed by atoms with E-state index >= 15 is 0 Å². The number of amides is 1. The number of likely N-dealkylation sites (N-methyl/N-ethyl adjacent to an activating group) is 1. The molecule has 2 heterocycles. The number of aromatic nitrogens is 2. The molecule has 0 spiro atoms. The lowest BCUT2D eigenvalue weighted by Crippen LogP contribution is -2.42. The Labute approximate surface area is 142 Å². The second kappa shape index (κ2) is 6.55. The molecular weight excluding hydrogens is 306 g/mol. The van der Waals surface area contributed by atoms with Gasteiger partial charge in [-0.3, -0.25) is 9.48 Å². The molecule has 0 N–H and O–H groups in total. The maximum Gasteiger partial charge on any atom is 0.227 e. The normalized spacial score (nSPS) is 16.1. The third-order valence-corrected chi connectivity index (χ3v) is 4.46. The van der Waals surface area contributed by atoms with Crippen LogP contribution in [0.15, 0.2) is 24.3 Å². The first-order chi connectivity index (χ1) is 11.5. The summed E-state index contributed by atoms with van der Waals surface area (Å²) in [5.74, 6) is 1.54. The van der Waals surface area contributed by atoms with Crippen LogP contribution in [0, 0.1) is 13.8 Å². The number of aryl methyl sites for hydroxylation is 2. The summed E-state index contributed by atoms with van der Waals surface area (Å²) in [7, 11) is 3.69. The number of fused-ring (bicyclic) bond motifs is 1. The van der Waals surface area contributed by atoms with Crippen molar-refractivity contribution in [1.29, 1.82) is 0 Å². The average molecular weight is 329 g/mol. The van der Waals surface area contributed by atoms with Gasteiger partial charge in [-0.25, -0.2) is 0 Å². The van der Waals surface area contributed by atoms with Gasteiger partial charge in [0.2, 0.25) is 5.91 Å². The van der Waals surface area contributed by atoms with E-state index in [0.717, 1.165) is 28.5 Å². The van der Waals surface area contributed by atoms with Gasteiger partial charge in [-0.15, -0.1) is 0 Å². The molecule has 1 aliphatic rings. The van der Waals surface area contributed by atoms with E-state index in [9.17, 15) is 4.79 Å². The van der Waals surface area contributed by atoms with Crippen molar-refractivity contribution in [3.63, 3.8) is 0 Å². The van der Waals surface area contributed by atoms with Crippen LogP contribution >= 0.6 is 0 Å². The topological polar surface area (TPSA) is 56.6 Å². The van der Waals surface area contributed by atoms with E-state index in [-0.39, 0.29) is 12.0 Å².